The van der Waals surface area contributed by atoms with Gasteiger partial charge in [-0.2, -0.15) is 0 Å². The highest BCUT2D eigenvalue weighted by Crippen LogP contribution is 2.39. The Hall–Kier alpha value is -5.97. The highest BCUT2D eigenvalue weighted by atomic mass is 32.2. The highest BCUT2D eigenvalue weighted by Gasteiger charge is 2.19. The second-order valence-electron chi connectivity index (χ2n) is 12.0. The summed E-state index contributed by atoms with van der Waals surface area (Å²) >= 11 is 0. The smallest absolute Gasteiger partial charge is 0.335 e. The second kappa shape index (κ2) is 13.1. The standard InChI is InChI=1S/C41H29N3O5S2/c1-50(47)37-15-5-3-13-31(37)25-17-19-33-34-20-18-26(32-14-4-6-16-38(32)51(2)48)24-36(34)44(35(33)23-25)30-12-8-10-28(22-30)40-43-42-39(49-40)27-9-7-11-29(21-27)41(45)46/h3-24H,1-2H3,(H,45,46). The molecule has 0 aliphatic rings. The number of fused-ring (bicyclic) bond motifs is 3. The number of aromatic carboxylic acids is 1. The quantitative estimate of drug-likeness (QED) is 0.168. The van der Waals surface area contributed by atoms with Crippen LogP contribution < -0.4 is 0 Å². The minimum Gasteiger partial charge on any atom is -0.478 e. The third-order valence-electron chi connectivity index (χ3n) is 8.92. The van der Waals surface area contributed by atoms with Crippen molar-refractivity contribution in [1.82, 2.24) is 14.8 Å². The van der Waals surface area contributed by atoms with E-state index in [-0.39, 0.29) is 17.3 Å². The summed E-state index contributed by atoms with van der Waals surface area (Å²) < 4.78 is 33.7. The minimum atomic E-state index is -1.19. The van der Waals surface area contributed by atoms with Crippen LogP contribution in [0.5, 0.6) is 0 Å². The van der Waals surface area contributed by atoms with Crippen molar-refractivity contribution in [3.63, 3.8) is 0 Å². The van der Waals surface area contributed by atoms with E-state index in [1.54, 1.807) is 24.6 Å². The van der Waals surface area contributed by atoms with Crippen LogP contribution in [-0.4, -0.2) is 46.8 Å². The van der Waals surface area contributed by atoms with Crippen LogP contribution in [0.3, 0.4) is 0 Å². The van der Waals surface area contributed by atoms with Gasteiger partial charge in [-0.05, 0) is 82.9 Å². The van der Waals surface area contributed by atoms with Gasteiger partial charge < -0.3 is 14.1 Å². The Morgan fingerprint density at radius 2 is 1.10 bits per heavy atom. The zero-order valence-electron chi connectivity index (χ0n) is 27.4. The van der Waals surface area contributed by atoms with Crippen LogP contribution in [0.15, 0.2) is 148 Å². The zero-order valence-corrected chi connectivity index (χ0v) is 29.1. The van der Waals surface area contributed by atoms with Gasteiger partial charge in [0.25, 0.3) is 0 Å². The van der Waals surface area contributed by atoms with Gasteiger partial charge in [-0.3, -0.25) is 8.42 Å². The summed E-state index contributed by atoms with van der Waals surface area (Å²) in [5.41, 5.74) is 7.71. The zero-order chi connectivity index (χ0) is 35.2. The number of aromatic nitrogens is 3. The van der Waals surface area contributed by atoms with E-state index in [2.05, 4.69) is 51.2 Å². The van der Waals surface area contributed by atoms with Gasteiger partial charge in [0.15, 0.2) is 0 Å². The van der Waals surface area contributed by atoms with Crippen LogP contribution in [0.25, 0.3) is 72.7 Å². The lowest BCUT2D eigenvalue weighted by atomic mass is 10.0. The first-order chi connectivity index (χ1) is 24.8. The first kappa shape index (κ1) is 32.2. The molecule has 0 amide bonds. The van der Waals surface area contributed by atoms with Crippen molar-refractivity contribution >= 4 is 49.4 Å². The molecule has 1 N–H and O–H groups in total. The minimum absolute atomic E-state index is 0.125. The molecule has 6 aromatic carbocycles. The molecule has 8 rings (SSSR count). The van der Waals surface area contributed by atoms with Crippen LogP contribution in [0.1, 0.15) is 10.4 Å². The number of carboxylic acid groups (broad SMARTS) is 1. The first-order valence-electron chi connectivity index (χ1n) is 16.0. The predicted octanol–water partition coefficient (Wildman–Crippen LogP) is 9.01. The molecule has 2 aromatic heterocycles. The predicted molar refractivity (Wildman–Crippen MR) is 202 cm³/mol. The number of hydrogen-bond acceptors (Lipinski definition) is 6. The number of carbonyl (C=O) groups is 1. The molecule has 250 valence electrons. The van der Waals surface area contributed by atoms with Gasteiger partial charge in [-0.25, -0.2) is 4.79 Å². The highest BCUT2D eigenvalue weighted by molar-refractivity contribution is 7.84. The summed E-state index contributed by atoms with van der Waals surface area (Å²) in [5, 5.41) is 20.1. The number of hydrogen-bond donors (Lipinski definition) is 1. The van der Waals surface area contributed by atoms with Crippen molar-refractivity contribution in [2.24, 2.45) is 0 Å². The van der Waals surface area contributed by atoms with Crippen molar-refractivity contribution < 1.29 is 22.7 Å². The molecule has 0 spiro atoms. The maximum atomic E-state index is 12.7. The largest absolute Gasteiger partial charge is 0.478 e. The lowest BCUT2D eigenvalue weighted by molar-refractivity contribution is 0.0697. The van der Waals surface area contributed by atoms with Gasteiger partial charge in [0.05, 0.1) is 38.2 Å². The molecule has 2 atom stereocenters. The van der Waals surface area contributed by atoms with Crippen LogP contribution in [0.4, 0.5) is 0 Å². The number of benzene rings is 6. The fraction of sp³-hybridized carbons (Fsp3) is 0.0488. The summed E-state index contributed by atoms with van der Waals surface area (Å²) in [6.07, 6.45) is 3.38. The number of carboxylic acids is 1. The molecule has 0 aliphatic heterocycles. The van der Waals surface area contributed by atoms with E-state index in [4.69, 9.17) is 4.42 Å². The Bertz CT molecular complexity index is 2600. The summed E-state index contributed by atoms with van der Waals surface area (Å²) in [6, 6.07) is 42.3. The van der Waals surface area contributed by atoms with E-state index in [1.807, 2.05) is 72.8 Å². The van der Waals surface area contributed by atoms with E-state index in [1.165, 1.54) is 12.1 Å². The average Bonchev–Trinajstić information content (AvgIpc) is 3.78. The Kier molecular flexibility index (Phi) is 8.25. The van der Waals surface area contributed by atoms with E-state index < -0.39 is 27.6 Å². The second-order valence-corrected chi connectivity index (χ2v) is 14.7. The van der Waals surface area contributed by atoms with E-state index in [0.29, 0.717) is 11.1 Å². The fourth-order valence-electron chi connectivity index (χ4n) is 6.56. The van der Waals surface area contributed by atoms with Gasteiger partial charge in [-0.1, -0.05) is 72.8 Å². The van der Waals surface area contributed by atoms with Crippen molar-refractivity contribution in [1.29, 1.82) is 0 Å². The van der Waals surface area contributed by atoms with E-state index in [9.17, 15) is 18.3 Å². The Morgan fingerprint density at radius 1 is 0.588 bits per heavy atom. The third kappa shape index (κ3) is 5.88. The molecule has 51 heavy (non-hydrogen) atoms. The molecular formula is C41H29N3O5S2. The maximum Gasteiger partial charge on any atom is 0.335 e. The molecule has 0 fully saturated rings. The molecule has 0 saturated heterocycles. The lowest BCUT2D eigenvalue weighted by Crippen LogP contribution is -1.96. The summed E-state index contributed by atoms with van der Waals surface area (Å²) in [6.45, 7) is 0. The SMILES string of the molecule is CS(=O)c1ccccc1-c1ccc2c3ccc(-c4ccccc4S(C)=O)cc3n(-c3cccc(-c4nnc(-c5cccc(C(=O)O)c5)o4)c3)c2c1. The van der Waals surface area contributed by atoms with Crippen LogP contribution >= 0.6 is 0 Å². The normalized spacial score (nSPS) is 12.7. The lowest BCUT2D eigenvalue weighted by Gasteiger charge is -2.12. The molecule has 8 nitrogen and oxygen atoms in total. The van der Waals surface area contributed by atoms with Gasteiger partial charge in [-0.15, -0.1) is 10.2 Å². The van der Waals surface area contributed by atoms with Crippen molar-refractivity contribution in [2.75, 3.05) is 12.5 Å². The average molecular weight is 708 g/mol. The molecule has 2 unspecified atom stereocenters. The van der Waals surface area contributed by atoms with Gasteiger partial charge in [0.2, 0.25) is 11.8 Å². The number of rotatable bonds is 8. The molecule has 0 aliphatic carbocycles. The van der Waals surface area contributed by atoms with Gasteiger partial charge in [0.1, 0.15) is 0 Å². The monoisotopic (exact) mass is 707 g/mol. The molecule has 0 saturated carbocycles. The topological polar surface area (TPSA) is 115 Å². The van der Waals surface area contributed by atoms with Crippen LogP contribution in [-0.2, 0) is 21.6 Å². The first-order valence-corrected chi connectivity index (χ1v) is 19.1. The summed E-state index contributed by atoms with van der Waals surface area (Å²) in [4.78, 5) is 13.1. The molecular weight excluding hydrogens is 679 g/mol. The Labute approximate surface area is 298 Å². The van der Waals surface area contributed by atoms with Crippen molar-refractivity contribution in [3.8, 4) is 50.8 Å². The van der Waals surface area contributed by atoms with E-state index in [0.717, 1.165) is 59.5 Å². The van der Waals surface area contributed by atoms with Crippen molar-refractivity contribution in [2.45, 2.75) is 9.79 Å². The molecule has 10 heteroatoms. The van der Waals surface area contributed by atoms with E-state index >= 15 is 0 Å². The van der Waals surface area contributed by atoms with Gasteiger partial charge >= 0.3 is 5.97 Å². The molecule has 0 bridgehead atoms. The fourth-order valence-corrected chi connectivity index (χ4v) is 8.09. The Balaban J connectivity index is 1.34. The summed E-state index contributed by atoms with van der Waals surface area (Å²) in [5.74, 6) is -0.545. The van der Waals surface area contributed by atoms with Crippen molar-refractivity contribution in [3.05, 3.63) is 139 Å². The maximum absolute atomic E-state index is 12.7. The third-order valence-corrected chi connectivity index (χ3v) is 10.9. The van der Waals surface area contributed by atoms with Gasteiger partial charge in [0, 0.05) is 49.9 Å². The molecule has 0 radical (unpaired) electrons. The molecule has 8 aromatic rings. The Morgan fingerprint density at radius 3 is 1.63 bits per heavy atom. The molecule has 2 heterocycles. The summed E-state index contributed by atoms with van der Waals surface area (Å²) in [7, 11) is -2.37. The number of nitrogens with zero attached hydrogens (tertiary/aromatic N) is 3. The van der Waals surface area contributed by atoms with Crippen LogP contribution in [0.2, 0.25) is 0 Å². The van der Waals surface area contributed by atoms with Crippen LogP contribution in [0, 0.1) is 0 Å².